The molecule has 0 radical (unpaired) electrons. The topological polar surface area (TPSA) is 248 Å². The van der Waals surface area contributed by atoms with Crippen LogP contribution in [0.15, 0.2) is 117 Å². The van der Waals surface area contributed by atoms with Crippen molar-refractivity contribution in [1.82, 2.24) is 39.3 Å². The highest BCUT2D eigenvalue weighted by atomic mass is 32.2. The maximum Gasteiger partial charge on any atom is 0.295 e. The molecule has 4 heterocycles. The minimum Gasteiger partial charge on any atom is -0.456 e. The van der Waals surface area contributed by atoms with E-state index in [0.717, 1.165) is 80.5 Å². The molecule has 6 N–H and O–H groups in total. The number of amides is 3. The molecule has 3 amide bonds. The summed E-state index contributed by atoms with van der Waals surface area (Å²) >= 11 is 1.17. The predicted molar refractivity (Wildman–Crippen MR) is 322 cm³/mol. The van der Waals surface area contributed by atoms with E-state index in [4.69, 9.17) is 9.83 Å². The van der Waals surface area contributed by atoms with Crippen molar-refractivity contribution >= 4 is 65.9 Å². The summed E-state index contributed by atoms with van der Waals surface area (Å²) in [5, 5.41) is 20.3. The highest BCUT2D eigenvalue weighted by molar-refractivity contribution is 7.89. The van der Waals surface area contributed by atoms with E-state index in [1.807, 2.05) is 123 Å². The number of aromatic nitrogens is 3. The molecular weight excluding hydrogens is 1110 g/mol. The first-order chi connectivity index (χ1) is 39.7. The van der Waals surface area contributed by atoms with Gasteiger partial charge in [0.05, 0.1) is 24.4 Å². The van der Waals surface area contributed by atoms with Gasteiger partial charge in [-0.05, 0) is 122 Å². The second kappa shape index (κ2) is 27.6. The number of rotatable bonds is 26. The number of thiazole rings is 1. The zero-order chi connectivity index (χ0) is 59.6. The van der Waals surface area contributed by atoms with Crippen LogP contribution in [0.3, 0.4) is 0 Å². The number of aryl methyl sites for hydroxylation is 1. The van der Waals surface area contributed by atoms with Crippen LogP contribution < -0.4 is 44.9 Å². The number of carbonyl (C=O) groups is 3. The van der Waals surface area contributed by atoms with Gasteiger partial charge in [-0.2, -0.15) is 8.42 Å². The Kier molecular flexibility index (Phi) is 20.6. The van der Waals surface area contributed by atoms with Crippen molar-refractivity contribution in [1.29, 1.82) is 5.41 Å². The average Bonchev–Trinajstić information content (AvgIpc) is 3.21. The van der Waals surface area contributed by atoms with Crippen molar-refractivity contribution in [3.05, 3.63) is 130 Å². The summed E-state index contributed by atoms with van der Waals surface area (Å²) in [5.74, 6) is -0.697. The second-order valence-electron chi connectivity index (χ2n) is 21.4. The van der Waals surface area contributed by atoms with Gasteiger partial charge in [-0.1, -0.05) is 36.4 Å². The van der Waals surface area contributed by atoms with Crippen LogP contribution >= 0.6 is 11.3 Å². The fourth-order valence-electron chi connectivity index (χ4n) is 10.8. The maximum atomic E-state index is 14.6. The normalized spacial score (nSPS) is 14.2. The summed E-state index contributed by atoms with van der Waals surface area (Å²) in [5.41, 5.74) is 4.89. The van der Waals surface area contributed by atoms with E-state index in [-0.39, 0.29) is 60.8 Å². The predicted octanol–water partition coefficient (Wildman–Crippen LogP) is 5.02. The maximum absolute atomic E-state index is 14.6. The highest BCUT2D eigenvalue weighted by Gasteiger charge is 2.32. The third kappa shape index (κ3) is 15.4. The number of anilines is 1. The van der Waals surface area contributed by atoms with E-state index in [9.17, 15) is 35.8 Å². The minimum atomic E-state index is -5.05. The van der Waals surface area contributed by atoms with Crippen molar-refractivity contribution in [3.63, 3.8) is 0 Å². The van der Waals surface area contributed by atoms with Crippen molar-refractivity contribution < 1.29 is 44.8 Å². The zero-order valence-electron chi connectivity index (χ0n) is 48.5. The molecule has 2 atom stereocenters. The van der Waals surface area contributed by atoms with Crippen LogP contribution in [0.2, 0.25) is 0 Å². The molecule has 0 saturated carbocycles. The first-order valence-corrected chi connectivity index (χ1v) is 32.3. The van der Waals surface area contributed by atoms with Gasteiger partial charge in [-0.3, -0.25) is 24.3 Å². The molecule has 5 aromatic rings. The van der Waals surface area contributed by atoms with E-state index >= 15 is 0 Å². The summed E-state index contributed by atoms with van der Waals surface area (Å²) in [6.07, 6.45) is 6.23. The van der Waals surface area contributed by atoms with Gasteiger partial charge in [0.2, 0.25) is 39.4 Å². The summed E-state index contributed by atoms with van der Waals surface area (Å²) in [6.45, 7) is 13.9. The standard InChI is InChI=1S/C60H77N11O9S3/c1-8-70(9-2)43-20-23-48-53(32-43)80-54-33-44(71(10-3)11-4)21-24-49(54)57(48)50-25-22-47(35-55(50)83(77,78)79)82(75,76)63-28-16-15-19-51(64-56(72)34-46-39-81-60(61)68(46)7)59(74)65-52(58(73)62-36-41-26-29-66(5)30-27-41)31-45-38-69(40-67(45)6)37-42-17-13-12-14-18-42/h12-14,17-18,20-25,32-33,35,38-41,51-52,61,63H,8-11,15-16,19,26-31,34,36-37H2,1-7H3,(H2-2,62,64,65,72,73,74,77,78,79)/p+2/t51-,52-/m0/s1. The molecule has 0 bridgehead atoms. The van der Waals surface area contributed by atoms with Crippen molar-refractivity contribution in [2.45, 2.75) is 101 Å². The molecule has 0 spiro atoms. The minimum absolute atomic E-state index is 0.0591. The van der Waals surface area contributed by atoms with E-state index in [1.165, 1.54) is 23.5 Å². The molecule has 2 aliphatic heterocycles. The number of sulfonamides is 1. The molecule has 20 nitrogen and oxygen atoms in total. The van der Waals surface area contributed by atoms with Gasteiger partial charge in [0.25, 0.3) is 10.1 Å². The number of fused-ring (bicyclic) bond motifs is 2. The van der Waals surface area contributed by atoms with Crippen LogP contribution in [0.25, 0.3) is 33.4 Å². The van der Waals surface area contributed by atoms with Crippen LogP contribution in [-0.4, -0.2) is 125 Å². The number of carbonyl (C=O) groups excluding carboxylic acids is 3. The van der Waals surface area contributed by atoms with Gasteiger partial charge in [0, 0.05) is 90.6 Å². The van der Waals surface area contributed by atoms with E-state index in [0.29, 0.717) is 46.6 Å². The molecule has 0 unspecified atom stereocenters. The van der Waals surface area contributed by atoms with Gasteiger partial charge < -0.3 is 34.7 Å². The Balaban J connectivity index is 1.02. The number of piperidine rings is 1. The molecule has 3 aromatic carbocycles. The van der Waals surface area contributed by atoms with E-state index in [2.05, 4.69) is 42.1 Å². The smallest absolute Gasteiger partial charge is 0.295 e. The molecule has 8 rings (SSSR count). The Morgan fingerprint density at radius 2 is 1.58 bits per heavy atom. The molecule has 444 valence electrons. The number of likely N-dealkylation sites (tertiary alicyclic amines) is 1. The van der Waals surface area contributed by atoms with Gasteiger partial charge in [0.15, 0.2) is 4.80 Å². The Hall–Kier alpha value is -7.02. The lowest BCUT2D eigenvalue weighted by atomic mass is 9.93. The van der Waals surface area contributed by atoms with Crippen LogP contribution in [0, 0.1) is 11.3 Å². The molecular formula is C60H79N11O9S3+2. The summed E-state index contributed by atoms with van der Waals surface area (Å²) in [6, 6.07) is 22.8. The summed E-state index contributed by atoms with van der Waals surface area (Å²) in [7, 11) is -3.81. The highest BCUT2D eigenvalue weighted by Crippen LogP contribution is 2.43. The molecule has 83 heavy (non-hydrogen) atoms. The van der Waals surface area contributed by atoms with Crippen molar-refractivity contribution in [3.8, 4) is 22.5 Å². The van der Waals surface area contributed by atoms with Gasteiger partial charge >= 0.3 is 0 Å². The van der Waals surface area contributed by atoms with Crippen LogP contribution in [0.1, 0.15) is 76.8 Å². The molecule has 1 saturated heterocycles. The quantitative estimate of drug-likeness (QED) is 0.0182. The second-order valence-corrected chi connectivity index (χ2v) is 25.4. The SMILES string of the molecule is CCN(CC)c1ccc2c(-c3ccc(S(=O)(=O)NCCCC[C@H](NC(=O)Cc4csc(=N)n4C)C(=O)N[C@@H](Cc4c[n+](Cc5ccccc5)cn4C)C(=O)NCC4CCN(C)CC4)cc3S(=O)(=O)O)c3ccc(=[N+](CC)CC)cc-3oc2c1. The zero-order valence-corrected chi connectivity index (χ0v) is 50.9. The summed E-state index contributed by atoms with van der Waals surface area (Å²) < 4.78 is 82.7. The van der Waals surface area contributed by atoms with Crippen LogP contribution in [0.4, 0.5) is 5.69 Å². The molecule has 1 aliphatic carbocycles. The number of unbranched alkanes of at least 4 members (excludes halogenated alkanes) is 1. The van der Waals surface area contributed by atoms with Gasteiger partial charge in [-0.25, -0.2) is 26.8 Å². The number of hydrogen-bond acceptors (Lipinski definition) is 12. The first kappa shape index (κ1) is 62.0. The monoisotopic (exact) mass is 1190 g/mol. The fraction of sp³-hybridized carbons (Fsp3) is 0.433. The van der Waals surface area contributed by atoms with E-state index in [1.54, 1.807) is 17.0 Å². The van der Waals surface area contributed by atoms with Crippen LogP contribution in [0.5, 0.6) is 0 Å². The Morgan fingerprint density at radius 1 is 0.855 bits per heavy atom. The Morgan fingerprint density at radius 3 is 2.25 bits per heavy atom. The average molecular weight is 1190 g/mol. The number of hydrogen-bond donors (Lipinski definition) is 6. The summed E-state index contributed by atoms with van der Waals surface area (Å²) in [4.78, 5) is 46.2. The van der Waals surface area contributed by atoms with Gasteiger partial charge in [0.1, 0.15) is 59.8 Å². The Bertz CT molecular complexity index is 3760. The van der Waals surface area contributed by atoms with E-state index < -0.39 is 53.8 Å². The third-order valence-electron chi connectivity index (χ3n) is 15.8. The molecule has 3 aliphatic rings. The molecule has 1 fully saturated rings. The van der Waals surface area contributed by atoms with Gasteiger partial charge in [-0.15, -0.1) is 11.3 Å². The largest absolute Gasteiger partial charge is 0.456 e. The third-order valence-corrected chi connectivity index (χ3v) is 19.0. The number of nitrogens with zero attached hydrogens (tertiary/aromatic N) is 6. The van der Waals surface area contributed by atoms with Crippen molar-refractivity contribution in [2.24, 2.45) is 20.0 Å². The molecule has 23 heteroatoms. The Labute approximate surface area is 490 Å². The van der Waals surface area contributed by atoms with Crippen molar-refractivity contribution in [2.75, 3.05) is 64.3 Å². The number of nitrogens with one attached hydrogen (secondary N) is 5. The van der Waals surface area contributed by atoms with Crippen LogP contribution in [-0.2, 0) is 68.0 Å². The number of benzene rings is 4. The number of imidazole rings is 1. The lowest BCUT2D eigenvalue weighted by Crippen LogP contribution is -2.55. The first-order valence-electron chi connectivity index (χ1n) is 28.5. The fourth-order valence-corrected chi connectivity index (χ4v) is 13.5. The lowest BCUT2D eigenvalue weighted by Gasteiger charge is -2.29. The molecule has 2 aromatic heterocycles. The lowest BCUT2D eigenvalue weighted by molar-refractivity contribution is -0.688.